The summed E-state index contributed by atoms with van der Waals surface area (Å²) in [6.07, 6.45) is 1.80. The average molecular weight is 438 g/mol. The SMILES string of the molecule is Cc1ccnc2n1nc1nc(-c3ccccc3)cc(-c3ccccc3)[n+]12.[O-][Cl+3]([O-])([O-])[O-]. The van der Waals surface area contributed by atoms with Crippen LogP contribution in [-0.4, -0.2) is 19.6 Å². The molecule has 0 N–H and O–H groups in total. The first kappa shape index (κ1) is 20.8. The zero-order chi connectivity index (χ0) is 22.0. The number of nitrogens with zero attached hydrogens (tertiary/aromatic N) is 5. The second kappa shape index (κ2) is 8.34. The highest BCUT2D eigenvalue weighted by Gasteiger charge is 2.22. The fourth-order valence-corrected chi connectivity index (χ4v) is 3.19. The van der Waals surface area contributed by atoms with Gasteiger partial charge in [-0.05, 0) is 13.0 Å². The van der Waals surface area contributed by atoms with Gasteiger partial charge < -0.3 is 0 Å². The Morgan fingerprint density at radius 3 is 2.03 bits per heavy atom. The van der Waals surface area contributed by atoms with Gasteiger partial charge in [-0.15, -0.1) is 24.7 Å². The molecule has 9 nitrogen and oxygen atoms in total. The van der Waals surface area contributed by atoms with Gasteiger partial charge >= 0.3 is 11.6 Å². The van der Waals surface area contributed by atoms with E-state index in [2.05, 4.69) is 35.3 Å². The molecule has 3 heterocycles. The molecule has 2 aromatic carbocycles. The largest absolute Gasteiger partial charge is 0.389 e. The van der Waals surface area contributed by atoms with Crippen molar-refractivity contribution < 1.29 is 33.3 Å². The molecule has 0 radical (unpaired) electrons. The summed E-state index contributed by atoms with van der Waals surface area (Å²) in [5.41, 5.74) is 5.09. The van der Waals surface area contributed by atoms with E-state index in [0.29, 0.717) is 5.78 Å². The Morgan fingerprint density at radius 2 is 1.42 bits per heavy atom. The van der Waals surface area contributed by atoms with Crippen molar-refractivity contribution in [3.63, 3.8) is 0 Å². The molecule has 0 fully saturated rings. The van der Waals surface area contributed by atoms with Crippen LogP contribution in [0.25, 0.3) is 34.1 Å². The molecule has 0 spiro atoms. The average Bonchev–Trinajstić information content (AvgIpc) is 3.13. The van der Waals surface area contributed by atoms with Gasteiger partial charge in [0.15, 0.2) is 0 Å². The highest BCUT2D eigenvalue weighted by atomic mass is 35.7. The molecule has 0 atom stereocenters. The lowest BCUT2D eigenvalue weighted by atomic mass is 10.1. The Kier molecular flexibility index (Phi) is 5.59. The fourth-order valence-electron chi connectivity index (χ4n) is 3.19. The predicted molar refractivity (Wildman–Crippen MR) is 99.6 cm³/mol. The molecule has 0 unspecified atom stereocenters. The van der Waals surface area contributed by atoms with Crippen molar-refractivity contribution in [3.05, 3.63) is 84.7 Å². The van der Waals surface area contributed by atoms with E-state index >= 15 is 0 Å². The van der Waals surface area contributed by atoms with Crippen molar-refractivity contribution in [1.29, 1.82) is 0 Å². The lowest BCUT2D eigenvalue weighted by molar-refractivity contribution is -2.00. The third kappa shape index (κ3) is 4.66. The number of aromatic nitrogens is 5. The van der Waals surface area contributed by atoms with Gasteiger partial charge in [-0.2, -0.15) is 4.40 Å². The van der Waals surface area contributed by atoms with Crippen LogP contribution in [0, 0.1) is 17.2 Å². The molecule has 0 bridgehead atoms. The molecule has 0 amide bonds. The number of halogens is 1. The van der Waals surface area contributed by atoms with Crippen LogP contribution in [0.15, 0.2) is 79.0 Å². The van der Waals surface area contributed by atoms with Crippen molar-refractivity contribution in [1.82, 2.24) is 19.6 Å². The third-order valence-corrected chi connectivity index (χ3v) is 4.49. The maximum atomic E-state index is 8.49. The van der Waals surface area contributed by atoms with Crippen molar-refractivity contribution in [3.8, 4) is 22.5 Å². The molecular weight excluding hydrogens is 422 g/mol. The maximum Gasteiger partial charge on any atom is 0.389 e. The number of rotatable bonds is 2. The highest BCUT2D eigenvalue weighted by Crippen LogP contribution is 2.23. The zero-order valence-electron chi connectivity index (χ0n) is 16.3. The third-order valence-electron chi connectivity index (χ3n) is 4.49. The smallest absolute Gasteiger partial charge is 0.222 e. The summed E-state index contributed by atoms with van der Waals surface area (Å²) < 4.78 is 37.8. The van der Waals surface area contributed by atoms with Gasteiger partial charge in [-0.3, -0.25) is 0 Å². The van der Waals surface area contributed by atoms with Crippen LogP contribution in [0.1, 0.15) is 5.69 Å². The zero-order valence-corrected chi connectivity index (χ0v) is 17.0. The summed E-state index contributed by atoms with van der Waals surface area (Å²) in [7, 11) is -4.94. The summed E-state index contributed by atoms with van der Waals surface area (Å²) in [5.74, 6) is 1.39. The van der Waals surface area contributed by atoms with Gasteiger partial charge in [0.25, 0.3) is 0 Å². The molecule has 3 aromatic heterocycles. The van der Waals surface area contributed by atoms with Crippen LogP contribution < -0.4 is 23.0 Å². The minimum absolute atomic E-state index is 0.631. The van der Waals surface area contributed by atoms with E-state index < -0.39 is 10.2 Å². The van der Waals surface area contributed by atoms with Gasteiger partial charge in [0, 0.05) is 22.3 Å². The summed E-state index contributed by atoms with van der Waals surface area (Å²) >= 11 is 0. The topological polar surface area (TPSA) is 139 Å². The van der Waals surface area contributed by atoms with Gasteiger partial charge in [0.2, 0.25) is 0 Å². The van der Waals surface area contributed by atoms with Gasteiger partial charge in [0.05, 0.1) is 17.6 Å². The van der Waals surface area contributed by atoms with Crippen LogP contribution in [0.2, 0.25) is 0 Å². The van der Waals surface area contributed by atoms with Crippen LogP contribution >= 0.6 is 0 Å². The quantitative estimate of drug-likeness (QED) is 0.314. The van der Waals surface area contributed by atoms with Crippen molar-refractivity contribution in [2.24, 2.45) is 0 Å². The van der Waals surface area contributed by atoms with Crippen LogP contribution in [0.4, 0.5) is 0 Å². The summed E-state index contributed by atoms with van der Waals surface area (Å²) in [4.78, 5) is 9.34. The second-order valence-electron chi connectivity index (χ2n) is 6.57. The van der Waals surface area contributed by atoms with Gasteiger partial charge in [-0.1, -0.05) is 60.7 Å². The Hall–Kier alpha value is -3.47. The first-order chi connectivity index (χ1) is 14.8. The number of hydrogen-bond donors (Lipinski definition) is 0. The summed E-state index contributed by atoms with van der Waals surface area (Å²) in [6.45, 7) is 2.02. The Bertz CT molecular complexity index is 1330. The Labute approximate surface area is 178 Å². The second-order valence-corrected chi connectivity index (χ2v) is 7.33. The van der Waals surface area contributed by atoms with Crippen molar-refractivity contribution >= 4 is 11.6 Å². The molecule has 0 aliphatic heterocycles. The molecule has 156 valence electrons. The predicted octanol–water partition coefficient (Wildman–Crippen LogP) is -1.25. The molecule has 31 heavy (non-hydrogen) atoms. The standard InChI is InChI=1S/C21H16N5.ClHO4/c1-15-12-13-22-21-25-19(17-10-6-3-7-11-17)14-18(16-8-4-2-5-9-16)23-20(25)24-26(15)21;2-1(3,4)5/h2-14H,1H3;(H,2,3,4,5)/q+1;/p-1. The van der Waals surface area contributed by atoms with E-state index in [4.69, 9.17) is 28.7 Å². The maximum absolute atomic E-state index is 8.49. The van der Waals surface area contributed by atoms with E-state index in [1.54, 1.807) is 6.20 Å². The number of hydrogen-bond acceptors (Lipinski definition) is 7. The first-order valence-electron chi connectivity index (χ1n) is 9.11. The van der Waals surface area contributed by atoms with E-state index in [-0.39, 0.29) is 0 Å². The van der Waals surface area contributed by atoms with Crippen molar-refractivity contribution in [2.75, 3.05) is 0 Å². The van der Waals surface area contributed by atoms with Crippen LogP contribution in [0.3, 0.4) is 0 Å². The Morgan fingerprint density at radius 1 is 0.839 bits per heavy atom. The van der Waals surface area contributed by atoms with E-state index in [1.807, 2.05) is 58.3 Å². The van der Waals surface area contributed by atoms with Crippen molar-refractivity contribution in [2.45, 2.75) is 6.92 Å². The summed E-state index contributed by atoms with van der Waals surface area (Å²) in [6, 6.07) is 24.5. The molecule has 5 rings (SSSR count). The highest BCUT2D eigenvalue weighted by molar-refractivity contribution is 5.67. The number of fused-ring (bicyclic) bond motifs is 3. The van der Waals surface area contributed by atoms with E-state index in [1.165, 1.54) is 0 Å². The van der Waals surface area contributed by atoms with Gasteiger partial charge in [0.1, 0.15) is 5.69 Å². The van der Waals surface area contributed by atoms with E-state index in [0.717, 1.165) is 34.0 Å². The summed E-state index contributed by atoms with van der Waals surface area (Å²) in [5, 5.41) is 4.69. The lowest BCUT2D eigenvalue weighted by Gasteiger charge is -2.17. The molecule has 0 aliphatic carbocycles. The minimum atomic E-state index is -4.94. The molecule has 0 saturated carbocycles. The van der Waals surface area contributed by atoms with E-state index in [9.17, 15) is 0 Å². The monoisotopic (exact) mass is 437 g/mol. The van der Waals surface area contributed by atoms with Gasteiger partial charge in [-0.25, -0.2) is 18.6 Å². The fraction of sp³-hybridized carbons (Fsp3) is 0.0476. The van der Waals surface area contributed by atoms with Crippen LogP contribution in [0.5, 0.6) is 0 Å². The number of benzene rings is 2. The lowest BCUT2D eigenvalue weighted by Crippen LogP contribution is -2.68. The molecule has 10 heteroatoms. The minimum Gasteiger partial charge on any atom is -0.222 e. The molecule has 0 aliphatic rings. The Balaban J connectivity index is 0.000000418. The first-order valence-corrected chi connectivity index (χ1v) is 10.3. The van der Waals surface area contributed by atoms with Crippen LogP contribution in [-0.2, 0) is 0 Å². The molecule has 0 saturated heterocycles. The molecule has 5 aromatic rings. The number of aryl methyl sites for hydroxylation is 1. The molecular formula is C21H16ClN5O4. The normalized spacial score (nSPS) is 11.4.